The molecule has 1 N–H and O–H groups in total. The number of nitro benzene ring substituents is 1. The van der Waals surface area contributed by atoms with E-state index in [-0.39, 0.29) is 27.3 Å². The topological polar surface area (TPSA) is 72.2 Å². The fraction of sp³-hybridized carbons (Fsp3) is 0.250. The second kappa shape index (κ2) is 5.59. The number of rotatable bonds is 3. The molecular formula is C12H10Cl2N2O3. The Hall–Kier alpha value is -1.59. The molecule has 0 heterocycles. The van der Waals surface area contributed by atoms with Gasteiger partial charge in [-0.2, -0.15) is 0 Å². The van der Waals surface area contributed by atoms with Crippen LogP contribution in [0.1, 0.15) is 23.2 Å². The van der Waals surface area contributed by atoms with Gasteiger partial charge in [0.2, 0.25) is 0 Å². The number of nitrogens with one attached hydrogen (secondary N) is 1. The maximum absolute atomic E-state index is 12.0. The number of nitrogens with zero attached hydrogens (tertiary/aromatic N) is 1. The first-order valence-electron chi connectivity index (χ1n) is 5.58. The average molecular weight is 301 g/mol. The van der Waals surface area contributed by atoms with Crippen LogP contribution in [-0.4, -0.2) is 16.9 Å². The first kappa shape index (κ1) is 13.8. The van der Waals surface area contributed by atoms with Crippen molar-refractivity contribution in [3.8, 4) is 0 Å². The van der Waals surface area contributed by atoms with Crippen molar-refractivity contribution < 1.29 is 9.72 Å². The van der Waals surface area contributed by atoms with E-state index in [1.165, 1.54) is 6.07 Å². The van der Waals surface area contributed by atoms with E-state index < -0.39 is 10.8 Å². The Bertz CT molecular complexity index is 564. The summed E-state index contributed by atoms with van der Waals surface area (Å²) in [6, 6.07) is 2.49. The lowest BCUT2D eigenvalue weighted by atomic mass is 10.1. The minimum absolute atomic E-state index is 0.00874. The van der Waals surface area contributed by atoms with Crippen LogP contribution in [0.15, 0.2) is 24.3 Å². The summed E-state index contributed by atoms with van der Waals surface area (Å²) in [6.45, 7) is 0. The van der Waals surface area contributed by atoms with E-state index in [1.54, 1.807) is 0 Å². The molecule has 1 aromatic carbocycles. The predicted octanol–water partition coefficient (Wildman–Crippen LogP) is 3.35. The van der Waals surface area contributed by atoms with Crippen LogP contribution in [0.5, 0.6) is 0 Å². The van der Waals surface area contributed by atoms with Crippen molar-refractivity contribution in [2.45, 2.75) is 18.9 Å². The summed E-state index contributed by atoms with van der Waals surface area (Å²) in [4.78, 5) is 22.1. The Kier molecular flexibility index (Phi) is 4.07. The highest BCUT2D eigenvalue weighted by Crippen LogP contribution is 2.33. The highest BCUT2D eigenvalue weighted by molar-refractivity contribution is 6.43. The molecule has 0 saturated heterocycles. The Morgan fingerprint density at radius 3 is 2.53 bits per heavy atom. The van der Waals surface area contributed by atoms with Gasteiger partial charge in [0.15, 0.2) is 0 Å². The number of benzene rings is 1. The van der Waals surface area contributed by atoms with E-state index in [0.717, 1.165) is 18.9 Å². The Morgan fingerprint density at radius 2 is 1.95 bits per heavy atom. The molecule has 0 radical (unpaired) electrons. The van der Waals surface area contributed by atoms with Crippen LogP contribution in [-0.2, 0) is 0 Å². The van der Waals surface area contributed by atoms with Gasteiger partial charge in [-0.1, -0.05) is 35.4 Å². The average Bonchev–Trinajstić information content (AvgIpc) is 2.84. The summed E-state index contributed by atoms with van der Waals surface area (Å²) in [5.41, 5.74) is -0.239. The normalized spacial score (nSPS) is 14.6. The molecule has 0 bridgehead atoms. The first-order valence-corrected chi connectivity index (χ1v) is 6.34. The zero-order valence-corrected chi connectivity index (χ0v) is 11.2. The summed E-state index contributed by atoms with van der Waals surface area (Å²) in [5, 5.41) is 13.4. The zero-order chi connectivity index (χ0) is 14.0. The second-order valence-corrected chi connectivity index (χ2v) is 4.95. The zero-order valence-electron chi connectivity index (χ0n) is 9.73. The van der Waals surface area contributed by atoms with Crippen molar-refractivity contribution >= 4 is 34.8 Å². The van der Waals surface area contributed by atoms with E-state index >= 15 is 0 Å². The SMILES string of the molecule is O=C(NC1CC=CC1)c1cc(Cl)c(Cl)c([N+](=O)[O-])c1. The van der Waals surface area contributed by atoms with Gasteiger partial charge < -0.3 is 5.32 Å². The molecule has 0 atom stereocenters. The fourth-order valence-corrected chi connectivity index (χ4v) is 2.23. The number of halogens is 2. The molecule has 7 heteroatoms. The van der Waals surface area contributed by atoms with Crippen LogP contribution in [0.2, 0.25) is 10.0 Å². The molecule has 1 aromatic rings. The van der Waals surface area contributed by atoms with E-state index in [1.807, 2.05) is 12.2 Å². The molecule has 100 valence electrons. The van der Waals surface area contributed by atoms with Crippen LogP contribution in [0, 0.1) is 10.1 Å². The van der Waals surface area contributed by atoms with Gasteiger partial charge in [0.1, 0.15) is 5.02 Å². The van der Waals surface area contributed by atoms with Gasteiger partial charge >= 0.3 is 0 Å². The van der Waals surface area contributed by atoms with Gasteiger partial charge in [0.25, 0.3) is 11.6 Å². The highest BCUT2D eigenvalue weighted by Gasteiger charge is 2.21. The number of hydrogen-bond donors (Lipinski definition) is 1. The summed E-state index contributed by atoms with van der Waals surface area (Å²) in [6.07, 6.45) is 5.47. The molecule has 1 aliphatic rings. The van der Waals surface area contributed by atoms with Crippen LogP contribution >= 0.6 is 23.2 Å². The van der Waals surface area contributed by atoms with Gasteiger partial charge in [0, 0.05) is 17.7 Å². The molecule has 19 heavy (non-hydrogen) atoms. The molecule has 0 aromatic heterocycles. The minimum Gasteiger partial charge on any atom is -0.349 e. The van der Waals surface area contributed by atoms with Gasteiger partial charge in [-0.05, 0) is 18.9 Å². The lowest BCUT2D eigenvalue weighted by Crippen LogP contribution is -2.32. The van der Waals surface area contributed by atoms with Crippen molar-refractivity contribution in [3.63, 3.8) is 0 Å². The quantitative estimate of drug-likeness (QED) is 0.528. The van der Waals surface area contributed by atoms with Crippen molar-refractivity contribution in [2.75, 3.05) is 0 Å². The molecule has 0 saturated carbocycles. The van der Waals surface area contributed by atoms with Crippen LogP contribution in [0.25, 0.3) is 0 Å². The van der Waals surface area contributed by atoms with Crippen molar-refractivity contribution in [2.24, 2.45) is 0 Å². The molecule has 1 aliphatic carbocycles. The number of amides is 1. The third kappa shape index (κ3) is 3.05. The summed E-state index contributed by atoms with van der Waals surface area (Å²) in [7, 11) is 0. The molecule has 0 aliphatic heterocycles. The second-order valence-electron chi connectivity index (χ2n) is 4.16. The summed E-state index contributed by atoms with van der Waals surface area (Å²) in [5.74, 6) is -0.393. The number of nitro groups is 1. The smallest absolute Gasteiger partial charge is 0.290 e. The monoisotopic (exact) mass is 300 g/mol. The van der Waals surface area contributed by atoms with Crippen LogP contribution in [0.4, 0.5) is 5.69 Å². The first-order chi connectivity index (χ1) is 8.99. The molecule has 0 unspecified atom stereocenters. The van der Waals surface area contributed by atoms with Gasteiger partial charge in [-0.3, -0.25) is 14.9 Å². The molecule has 2 rings (SSSR count). The lowest BCUT2D eigenvalue weighted by Gasteiger charge is -2.12. The van der Waals surface area contributed by atoms with Crippen molar-refractivity contribution in [1.82, 2.24) is 5.32 Å². The van der Waals surface area contributed by atoms with Crippen LogP contribution in [0.3, 0.4) is 0 Å². The Labute approximate surface area is 119 Å². The Balaban J connectivity index is 2.24. The van der Waals surface area contributed by atoms with Crippen LogP contribution < -0.4 is 5.32 Å². The molecule has 5 nitrogen and oxygen atoms in total. The number of hydrogen-bond acceptors (Lipinski definition) is 3. The van der Waals surface area contributed by atoms with Crippen molar-refractivity contribution in [3.05, 3.63) is 50.0 Å². The van der Waals surface area contributed by atoms with E-state index in [0.29, 0.717) is 0 Å². The standard InChI is InChI=1S/C12H10Cl2N2O3/c13-9-5-7(6-10(11(9)14)16(18)19)12(17)15-8-3-1-2-4-8/h1-2,5-6,8H,3-4H2,(H,15,17). The molecule has 1 amide bonds. The molecule has 0 spiro atoms. The maximum Gasteiger partial charge on any atom is 0.290 e. The molecule has 0 fully saturated rings. The van der Waals surface area contributed by atoms with Gasteiger partial charge in [0.05, 0.1) is 9.95 Å². The Morgan fingerprint density at radius 1 is 1.32 bits per heavy atom. The number of carbonyl (C=O) groups excluding carboxylic acids is 1. The van der Waals surface area contributed by atoms with E-state index in [2.05, 4.69) is 5.32 Å². The van der Waals surface area contributed by atoms with Gasteiger partial charge in [-0.25, -0.2) is 0 Å². The van der Waals surface area contributed by atoms with E-state index in [4.69, 9.17) is 23.2 Å². The molecular weight excluding hydrogens is 291 g/mol. The highest BCUT2D eigenvalue weighted by atomic mass is 35.5. The third-order valence-electron chi connectivity index (χ3n) is 2.81. The van der Waals surface area contributed by atoms with E-state index in [9.17, 15) is 14.9 Å². The minimum atomic E-state index is -0.665. The van der Waals surface area contributed by atoms with Crippen molar-refractivity contribution in [1.29, 1.82) is 0 Å². The number of carbonyl (C=O) groups is 1. The maximum atomic E-state index is 12.0. The largest absolute Gasteiger partial charge is 0.349 e. The summed E-state index contributed by atoms with van der Waals surface area (Å²) >= 11 is 11.5. The predicted molar refractivity (Wildman–Crippen MR) is 72.7 cm³/mol. The summed E-state index contributed by atoms with van der Waals surface area (Å²) < 4.78 is 0. The van der Waals surface area contributed by atoms with Gasteiger partial charge in [-0.15, -0.1) is 0 Å². The lowest BCUT2D eigenvalue weighted by molar-refractivity contribution is -0.384. The fourth-order valence-electron chi connectivity index (χ4n) is 1.84. The third-order valence-corrected chi connectivity index (χ3v) is 3.60.